The van der Waals surface area contributed by atoms with E-state index in [1.54, 1.807) is 7.11 Å². The highest BCUT2D eigenvalue weighted by Gasteiger charge is 2.16. The molecule has 4 rings (SSSR count). The van der Waals surface area contributed by atoms with Crippen LogP contribution in [0.3, 0.4) is 0 Å². The second kappa shape index (κ2) is 7.13. The molecule has 2 aromatic heterocycles. The van der Waals surface area contributed by atoms with Gasteiger partial charge in [0.15, 0.2) is 10.8 Å². The summed E-state index contributed by atoms with van der Waals surface area (Å²) in [6.45, 7) is 2.59. The fourth-order valence-corrected chi connectivity index (χ4v) is 3.62. The van der Waals surface area contributed by atoms with Gasteiger partial charge in [0.25, 0.3) is 0 Å². The number of aromatic nitrogens is 4. The van der Waals surface area contributed by atoms with Crippen LogP contribution >= 0.6 is 11.3 Å². The van der Waals surface area contributed by atoms with Crippen LogP contribution in [0.5, 0.6) is 11.5 Å². The van der Waals surface area contributed by atoms with E-state index in [2.05, 4.69) is 10.2 Å². The van der Waals surface area contributed by atoms with Crippen molar-refractivity contribution in [2.75, 3.05) is 13.7 Å². The highest BCUT2D eigenvalue weighted by atomic mass is 32.1. The van der Waals surface area contributed by atoms with Gasteiger partial charge in [-0.3, -0.25) is 0 Å². The first kappa shape index (κ1) is 16.5. The standard InChI is InChI=1S/C19H18N4O2S/c1-3-25-16-7-5-4-6-15(16)18-22-23-17(20-21-19(23)26-18)12-13-8-10-14(24-2)11-9-13/h4-11H,3,12H2,1-2H3. The smallest absolute Gasteiger partial charge is 0.234 e. The van der Waals surface area contributed by atoms with E-state index in [1.165, 1.54) is 11.3 Å². The first-order valence-electron chi connectivity index (χ1n) is 8.34. The number of benzene rings is 2. The maximum Gasteiger partial charge on any atom is 0.234 e. The molecule has 0 saturated heterocycles. The molecule has 7 heteroatoms. The lowest BCUT2D eigenvalue weighted by atomic mass is 10.1. The van der Waals surface area contributed by atoms with E-state index in [0.29, 0.717) is 13.0 Å². The van der Waals surface area contributed by atoms with Crippen LogP contribution in [0.1, 0.15) is 18.3 Å². The van der Waals surface area contributed by atoms with Crippen molar-refractivity contribution in [3.63, 3.8) is 0 Å². The molecule has 0 radical (unpaired) electrons. The van der Waals surface area contributed by atoms with Crippen molar-refractivity contribution in [1.82, 2.24) is 19.8 Å². The lowest BCUT2D eigenvalue weighted by Gasteiger charge is -2.06. The second-order valence-electron chi connectivity index (χ2n) is 5.67. The van der Waals surface area contributed by atoms with Crippen molar-refractivity contribution in [3.8, 4) is 22.1 Å². The molecule has 0 bridgehead atoms. The normalized spacial score (nSPS) is 11.0. The third-order valence-electron chi connectivity index (χ3n) is 3.99. The fourth-order valence-electron chi connectivity index (χ4n) is 2.73. The molecule has 0 spiro atoms. The summed E-state index contributed by atoms with van der Waals surface area (Å²) in [7, 11) is 1.66. The zero-order valence-corrected chi connectivity index (χ0v) is 15.4. The number of rotatable bonds is 6. The van der Waals surface area contributed by atoms with Crippen LogP contribution in [0, 0.1) is 0 Å². The molecule has 26 heavy (non-hydrogen) atoms. The highest BCUT2D eigenvalue weighted by molar-refractivity contribution is 7.19. The van der Waals surface area contributed by atoms with E-state index in [-0.39, 0.29) is 0 Å². The number of ether oxygens (including phenoxy) is 2. The Bertz CT molecular complexity index is 1020. The van der Waals surface area contributed by atoms with Gasteiger partial charge in [-0.25, -0.2) is 0 Å². The minimum atomic E-state index is 0.615. The molecule has 0 aliphatic heterocycles. The molecule has 0 atom stereocenters. The van der Waals surface area contributed by atoms with Crippen LogP contribution in [0.15, 0.2) is 48.5 Å². The predicted octanol–water partition coefficient (Wildman–Crippen LogP) is 3.85. The first-order chi connectivity index (χ1) is 12.8. The third kappa shape index (κ3) is 3.13. The number of hydrogen-bond acceptors (Lipinski definition) is 6. The number of para-hydroxylation sites is 1. The van der Waals surface area contributed by atoms with Crippen molar-refractivity contribution in [3.05, 3.63) is 59.9 Å². The Morgan fingerprint density at radius 1 is 1.04 bits per heavy atom. The molecule has 0 aliphatic carbocycles. The molecule has 6 nitrogen and oxygen atoms in total. The molecule has 4 aromatic rings. The second-order valence-corrected chi connectivity index (χ2v) is 6.63. The molecule has 0 fully saturated rings. The van der Waals surface area contributed by atoms with E-state index in [1.807, 2.05) is 60.0 Å². The van der Waals surface area contributed by atoms with Gasteiger partial charge in [0, 0.05) is 6.42 Å². The largest absolute Gasteiger partial charge is 0.497 e. The maximum absolute atomic E-state index is 5.72. The van der Waals surface area contributed by atoms with Gasteiger partial charge < -0.3 is 9.47 Å². The highest BCUT2D eigenvalue weighted by Crippen LogP contribution is 2.33. The number of fused-ring (bicyclic) bond motifs is 1. The van der Waals surface area contributed by atoms with Gasteiger partial charge >= 0.3 is 0 Å². The van der Waals surface area contributed by atoms with Gasteiger partial charge in [-0.15, -0.1) is 10.2 Å². The van der Waals surface area contributed by atoms with Gasteiger partial charge in [-0.05, 0) is 36.8 Å². The van der Waals surface area contributed by atoms with Crippen LogP contribution in [-0.2, 0) is 6.42 Å². The van der Waals surface area contributed by atoms with E-state index in [0.717, 1.165) is 38.4 Å². The molecular weight excluding hydrogens is 348 g/mol. The Morgan fingerprint density at radius 3 is 2.62 bits per heavy atom. The minimum absolute atomic E-state index is 0.615. The Kier molecular flexibility index (Phi) is 4.53. The third-order valence-corrected chi connectivity index (χ3v) is 4.93. The fraction of sp³-hybridized carbons (Fsp3) is 0.211. The zero-order valence-electron chi connectivity index (χ0n) is 14.5. The minimum Gasteiger partial charge on any atom is -0.497 e. The van der Waals surface area contributed by atoms with Crippen LogP contribution < -0.4 is 9.47 Å². The number of hydrogen-bond donors (Lipinski definition) is 0. The number of nitrogens with zero attached hydrogens (tertiary/aromatic N) is 4. The quantitative estimate of drug-likeness (QED) is 0.519. The topological polar surface area (TPSA) is 61.5 Å². The van der Waals surface area contributed by atoms with Crippen molar-refractivity contribution in [2.24, 2.45) is 0 Å². The molecule has 132 valence electrons. The van der Waals surface area contributed by atoms with Crippen LogP contribution in [0.2, 0.25) is 0 Å². The summed E-state index contributed by atoms with van der Waals surface area (Å²) in [6, 6.07) is 15.9. The Balaban J connectivity index is 1.67. The summed E-state index contributed by atoms with van der Waals surface area (Å²) in [4.78, 5) is 0.773. The zero-order chi connectivity index (χ0) is 17.9. The first-order valence-corrected chi connectivity index (χ1v) is 9.16. The van der Waals surface area contributed by atoms with E-state index in [9.17, 15) is 0 Å². The van der Waals surface area contributed by atoms with Crippen LogP contribution in [0.4, 0.5) is 0 Å². The van der Waals surface area contributed by atoms with Gasteiger partial charge in [0.2, 0.25) is 4.96 Å². The maximum atomic E-state index is 5.72. The van der Waals surface area contributed by atoms with E-state index < -0.39 is 0 Å². The Labute approximate surface area is 155 Å². The molecule has 2 aromatic carbocycles. The van der Waals surface area contributed by atoms with Gasteiger partial charge in [0.1, 0.15) is 11.5 Å². The lowest BCUT2D eigenvalue weighted by Crippen LogP contribution is -1.98. The Hall–Kier alpha value is -2.93. The van der Waals surface area contributed by atoms with Gasteiger partial charge in [-0.1, -0.05) is 35.6 Å². The summed E-state index contributed by atoms with van der Waals surface area (Å²) < 4.78 is 12.7. The lowest BCUT2D eigenvalue weighted by molar-refractivity contribution is 0.341. The molecule has 0 aliphatic rings. The van der Waals surface area contributed by atoms with Gasteiger partial charge in [-0.2, -0.15) is 9.61 Å². The van der Waals surface area contributed by atoms with Crippen LogP contribution in [0.25, 0.3) is 15.5 Å². The average Bonchev–Trinajstić information content (AvgIpc) is 3.25. The molecule has 0 saturated carbocycles. The monoisotopic (exact) mass is 366 g/mol. The molecule has 0 N–H and O–H groups in total. The Morgan fingerprint density at radius 2 is 1.85 bits per heavy atom. The van der Waals surface area contributed by atoms with Crippen LogP contribution in [-0.4, -0.2) is 33.5 Å². The predicted molar refractivity (Wildman–Crippen MR) is 101 cm³/mol. The van der Waals surface area contributed by atoms with Crippen molar-refractivity contribution in [1.29, 1.82) is 0 Å². The summed E-state index contributed by atoms with van der Waals surface area (Å²) >= 11 is 1.51. The molecule has 2 heterocycles. The summed E-state index contributed by atoms with van der Waals surface area (Å²) in [6.07, 6.45) is 0.654. The van der Waals surface area contributed by atoms with E-state index >= 15 is 0 Å². The van der Waals surface area contributed by atoms with Gasteiger partial charge in [0.05, 0.1) is 19.3 Å². The SMILES string of the molecule is CCOc1ccccc1-c1nn2c(Cc3ccc(OC)cc3)nnc2s1. The van der Waals surface area contributed by atoms with E-state index in [4.69, 9.17) is 14.6 Å². The summed E-state index contributed by atoms with van der Waals surface area (Å²) in [5.41, 5.74) is 2.10. The summed E-state index contributed by atoms with van der Waals surface area (Å²) in [5.74, 6) is 2.47. The van der Waals surface area contributed by atoms with Crippen molar-refractivity contribution >= 4 is 16.3 Å². The van der Waals surface area contributed by atoms with Crippen molar-refractivity contribution in [2.45, 2.75) is 13.3 Å². The molecule has 0 unspecified atom stereocenters. The summed E-state index contributed by atoms with van der Waals surface area (Å²) in [5, 5.41) is 14.2. The number of methoxy groups -OCH3 is 1. The molecular formula is C19H18N4O2S. The van der Waals surface area contributed by atoms with Crippen molar-refractivity contribution < 1.29 is 9.47 Å². The average molecular weight is 366 g/mol. The molecule has 0 amide bonds.